The molecule has 0 unspecified atom stereocenters. The van der Waals surface area contributed by atoms with Crippen LogP contribution in [0.1, 0.15) is 22.5 Å². The minimum absolute atomic E-state index is 0.0256. The lowest BCUT2D eigenvalue weighted by Gasteiger charge is -2.15. The lowest BCUT2D eigenvalue weighted by molar-refractivity contribution is 0.217. The Kier molecular flexibility index (Phi) is 7.80. The van der Waals surface area contributed by atoms with Crippen molar-refractivity contribution in [1.29, 1.82) is 0 Å². The van der Waals surface area contributed by atoms with Crippen LogP contribution < -0.4 is 15.6 Å². The first-order valence-corrected chi connectivity index (χ1v) is 10.8. The van der Waals surface area contributed by atoms with E-state index in [0.717, 1.165) is 23.3 Å². The van der Waals surface area contributed by atoms with Gasteiger partial charge in [-0.2, -0.15) is 4.98 Å². The number of halogens is 3. The van der Waals surface area contributed by atoms with E-state index in [1.54, 1.807) is 21.0 Å². The number of rotatable bonds is 7. The Labute approximate surface area is 198 Å². The molecule has 174 valence electrons. The average molecular weight is 521 g/mol. The largest absolute Gasteiger partial charge is 0.472 e. The van der Waals surface area contributed by atoms with Crippen molar-refractivity contribution in [3.05, 3.63) is 91.4 Å². The summed E-state index contributed by atoms with van der Waals surface area (Å²) in [5.41, 5.74) is 1.53. The standard InChI is InChI=1S/C23H23BrF2N4O3/c1-14-28-21(33-13-17-7-8-18(25)10-19(17)26)20(24)22(31)30(14)12-16-6-4-5-15(9-16)11-27-23(32)29(2)3/h4-10H,11-13H2,1-3H3,(H,27,32). The van der Waals surface area contributed by atoms with E-state index in [4.69, 9.17) is 4.74 Å². The summed E-state index contributed by atoms with van der Waals surface area (Å²) in [5, 5.41) is 2.80. The third-order valence-corrected chi connectivity index (χ3v) is 5.51. The SMILES string of the molecule is Cc1nc(OCc2ccc(F)cc2F)c(Br)c(=O)n1Cc1cccc(CNC(=O)N(C)C)c1. The molecule has 1 heterocycles. The summed E-state index contributed by atoms with van der Waals surface area (Å²) in [6, 6.07) is 10.5. The average Bonchev–Trinajstić information content (AvgIpc) is 2.77. The second kappa shape index (κ2) is 10.6. The van der Waals surface area contributed by atoms with Crippen LogP contribution in [0.5, 0.6) is 5.88 Å². The van der Waals surface area contributed by atoms with Crippen molar-refractivity contribution in [3.8, 4) is 5.88 Å². The van der Waals surface area contributed by atoms with Crippen LogP contribution in [-0.2, 0) is 19.7 Å². The third kappa shape index (κ3) is 6.16. The van der Waals surface area contributed by atoms with Crippen molar-refractivity contribution in [3.63, 3.8) is 0 Å². The second-order valence-corrected chi connectivity index (χ2v) is 8.36. The summed E-state index contributed by atoms with van der Waals surface area (Å²) >= 11 is 3.22. The first-order chi connectivity index (χ1) is 15.7. The van der Waals surface area contributed by atoms with Crippen LogP contribution in [0.2, 0.25) is 0 Å². The molecular formula is C23H23BrF2N4O3. The molecule has 0 radical (unpaired) electrons. The van der Waals surface area contributed by atoms with E-state index in [0.29, 0.717) is 12.4 Å². The fraction of sp³-hybridized carbons (Fsp3) is 0.261. The molecule has 10 heteroatoms. The number of amides is 2. The fourth-order valence-electron chi connectivity index (χ4n) is 3.04. The van der Waals surface area contributed by atoms with Gasteiger partial charge in [-0.05, 0) is 46.1 Å². The fourth-order valence-corrected chi connectivity index (χ4v) is 3.45. The molecule has 2 aromatic carbocycles. The summed E-state index contributed by atoms with van der Waals surface area (Å²) in [6.45, 7) is 2.08. The van der Waals surface area contributed by atoms with Crippen LogP contribution in [0.15, 0.2) is 51.7 Å². The minimum atomic E-state index is -0.738. The smallest absolute Gasteiger partial charge is 0.317 e. The number of aryl methyl sites for hydroxylation is 1. The summed E-state index contributed by atoms with van der Waals surface area (Å²) in [4.78, 5) is 30.4. The number of nitrogens with one attached hydrogen (secondary N) is 1. The zero-order valence-electron chi connectivity index (χ0n) is 18.4. The molecule has 0 bridgehead atoms. The highest BCUT2D eigenvalue weighted by Crippen LogP contribution is 2.21. The summed E-state index contributed by atoms with van der Waals surface area (Å²) in [7, 11) is 3.32. The molecule has 0 saturated heterocycles. The maximum Gasteiger partial charge on any atom is 0.317 e. The van der Waals surface area contributed by atoms with Crippen LogP contribution in [0.25, 0.3) is 0 Å². The molecule has 3 aromatic rings. The van der Waals surface area contributed by atoms with E-state index in [1.807, 2.05) is 24.3 Å². The summed E-state index contributed by atoms with van der Waals surface area (Å²) in [5.74, 6) is -0.988. The molecule has 0 spiro atoms. The van der Waals surface area contributed by atoms with Crippen molar-refractivity contribution >= 4 is 22.0 Å². The Bertz CT molecular complexity index is 1230. The Morgan fingerprint density at radius 3 is 2.61 bits per heavy atom. The van der Waals surface area contributed by atoms with E-state index in [-0.39, 0.29) is 40.7 Å². The maximum absolute atomic E-state index is 13.8. The number of nitrogens with zero attached hydrogens (tertiary/aromatic N) is 3. The van der Waals surface area contributed by atoms with Gasteiger partial charge in [-0.1, -0.05) is 24.3 Å². The lowest BCUT2D eigenvalue weighted by Crippen LogP contribution is -2.33. The van der Waals surface area contributed by atoms with Crippen LogP contribution in [0.3, 0.4) is 0 Å². The quantitative estimate of drug-likeness (QED) is 0.511. The monoisotopic (exact) mass is 520 g/mol. The number of benzene rings is 2. The molecule has 2 amide bonds. The maximum atomic E-state index is 13.8. The van der Waals surface area contributed by atoms with E-state index in [2.05, 4.69) is 26.2 Å². The molecule has 0 fully saturated rings. The number of aromatic nitrogens is 2. The van der Waals surface area contributed by atoms with Gasteiger partial charge >= 0.3 is 6.03 Å². The van der Waals surface area contributed by atoms with E-state index in [1.165, 1.54) is 15.5 Å². The van der Waals surface area contributed by atoms with Gasteiger partial charge in [0, 0.05) is 32.3 Å². The van der Waals surface area contributed by atoms with E-state index < -0.39 is 11.6 Å². The van der Waals surface area contributed by atoms with Gasteiger partial charge in [-0.15, -0.1) is 0 Å². The number of hydrogen-bond donors (Lipinski definition) is 1. The molecule has 0 aliphatic carbocycles. The minimum Gasteiger partial charge on any atom is -0.472 e. The summed E-state index contributed by atoms with van der Waals surface area (Å²) in [6.07, 6.45) is 0. The zero-order chi connectivity index (χ0) is 24.1. The summed E-state index contributed by atoms with van der Waals surface area (Å²) < 4.78 is 34.0. The number of ether oxygens (including phenoxy) is 1. The molecule has 3 rings (SSSR count). The van der Waals surface area contributed by atoms with Crippen LogP contribution >= 0.6 is 15.9 Å². The Morgan fingerprint density at radius 2 is 1.91 bits per heavy atom. The van der Waals surface area contributed by atoms with E-state index in [9.17, 15) is 18.4 Å². The van der Waals surface area contributed by atoms with Crippen molar-refractivity contribution in [2.75, 3.05) is 14.1 Å². The van der Waals surface area contributed by atoms with Gasteiger partial charge < -0.3 is 15.0 Å². The van der Waals surface area contributed by atoms with Gasteiger partial charge in [0.15, 0.2) is 0 Å². The first-order valence-electron chi connectivity index (χ1n) is 10.0. The van der Waals surface area contributed by atoms with Gasteiger partial charge in [0.1, 0.15) is 28.5 Å². The number of carbonyl (C=O) groups is 1. The predicted octanol–water partition coefficient (Wildman–Crippen LogP) is 3.99. The Balaban J connectivity index is 1.76. The topological polar surface area (TPSA) is 76.5 Å². The number of hydrogen-bond acceptors (Lipinski definition) is 4. The van der Waals surface area contributed by atoms with Crippen molar-refractivity contribution < 1.29 is 18.3 Å². The third-order valence-electron chi connectivity index (χ3n) is 4.84. The molecule has 0 aliphatic heterocycles. The van der Waals surface area contributed by atoms with Crippen molar-refractivity contribution in [2.45, 2.75) is 26.6 Å². The Morgan fingerprint density at radius 1 is 1.18 bits per heavy atom. The molecule has 0 saturated carbocycles. The number of carbonyl (C=O) groups excluding carboxylic acids is 1. The van der Waals surface area contributed by atoms with Gasteiger partial charge in [-0.25, -0.2) is 13.6 Å². The molecule has 0 atom stereocenters. The van der Waals surface area contributed by atoms with Gasteiger partial charge in [-0.3, -0.25) is 9.36 Å². The van der Waals surface area contributed by atoms with Crippen LogP contribution in [0, 0.1) is 18.6 Å². The van der Waals surface area contributed by atoms with Crippen LogP contribution in [-0.4, -0.2) is 34.6 Å². The molecule has 0 aliphatic rings. The molecular weight excluding hydrogens is 498 g/mol. The molecule has 33 heavy (non-hydrogen) atoms. The number of urea groups is 1. The normalized spacial score (nSPS) is 10.7. The van der Waals surface area contributed by atoms with Crippen molar-refractivity contribution in [1.82, 2.24) is 19.8 Å². The highest BCUT2D eigenvalue weighted by Gasteiger charge is 2.15. The van der Waals surface area contributed by atoms with Gasteiger partial charge in [0.2, 0.25) is 5.88 Å². The van der Waals surface area contributed by atoms with Gasteiger partial charge in [0.25, 0.3) is 5.56 Å². The lowest BCUT2D eigenvalue weighted by atomic mass is 10.1. The van der Waals surface area contributed by atoms with Crippen LogP contribution in [0.4, 0.5) is 13.6 Å². The zero-order valence-corrected chi connectivity index (χ0v) is 19.9. The molecule has 1 N–H and O–H groups in total. The van der Waals surface area contributed by atoms with Gasteiger partial charge in [0.05, 0.1) is 6.54 Å². The highest BCUT2D eigenvalue weighted by atomic mass is 79.9. The predicted molar refractivity (Wildman–Crippen MR) is 123 cm³/mol. The second-order valence-electron chi connectivity index (χ2n) is 7.57. The highest BCUT2D eigenvalue weighted by molar-refractivity contribution is 9.10. The van der Waals surface area contributed by atoms with E-state index >= 15 is 0 Å². The molecule has 7 nitrogen and oxygen atoms in total. The Hall–Kier alpha value is -3.27. The molecule has 1 aromatic heterocycles. The first kappa shape index (κ1) is 24.4. The van der Waals surface area contributed by atoms with Crippen molar-refractivity contribution in [2.24, 2.45) is 0 Å².